The van der Waals surface area contributed by atoms with E-state index >= 15 is 0 Å². The van der Waals surface area contributed by atoms with E-state index < -0.39 is 11.4 Å². The number of hydrogen-bond acceptors (Lipinski definition) is 2. The number of carboxylic acids is 1. The van der Waals surface area contributed by atoms with Crippen LogP contribution in [0.15, 0.2) is 30.5 Å². The maximum Gasteiger partial charge on any atom is 0.339 e. The molecule has 0 spiro atoms. The van der Waals surface area contributed by atoms with Crippen LogP contribution >= 0.6 is 0 Å². The van der Waals surface area contributed by atoms with Gasteiger partial charge < -0.3 is 5.11 Å². The second-order valence-electron chi connectivity index (χ2n) is 5.35. The zero-order chi connectivity index (χ0) is 14.2. The Labute approximate surface area is 110 Å². The minimum atomic E-state index is -1.02. The quantitative estimate of drug-likeness (QED) is 0.905. The fourth-order valence-corrected chi connectivity index (χ4v) is 2.00. The highest BCUT2D eigenvalue weighted by molar-refractivity contribution is 5.89. The fraction of sp³-hybridized carbons (Fsp3) is 0.286. The summed E-state index contributed by atoms with van der Waals surface area (Å²) >= 11 is 0. The average molecular weight is 262 g/mol. The molecule has 0 aliphatic heterocycles. The molecule has 1 N–H and O–H groups in total. The van der Waals surface area contributed by atoms with Crippen LogP contribution in [-0.2, 0) is 5.41 Å². The maximum atomic E-state index is 12.9. The molecule has 0 saturated heterocycles. The van der Waals surface area contributed by atoms with Crippen molar-refractivity contribution in [1.29, 1.82) is 0 Å². The van der Waals surface area contributed by atoms with Gasteiger partial charge in [-0.1, -0.05) is 20.8 Å². The molecule has 0 radical (unpaired) electrons. The second kappa shape index (κ2) is 4.50. The summed E-state index contributed by atoms with van der Waals surface area (Å²) in [5.41, 5.74) is 1.00. The molecular formula is C14H15FN2O2. The van der Waals surface area contributed by atoms with Gasteiger partial charge in [0.05, 0.1) is 17.6 Å². The Morgan fingerprint density at radius 1 is 1.26 bits per heavy atom. The number of aromatic carboxylic acids is 1. The predicted octanol–water partition coefficient (Wildman–Crippen LogP) is 3.01. The van der Waals surface area contributed by atoms with E-state index in [1.165, 1.54) is 18.3 Å². The van der Waals surface area contributed by atoms with Crippen LogP contribution in [0.3, 0.4) is 0 Å². The lowest BCUT2D eigenvalue weighted by Gasteiger charge is -2.21. The molecule has 2 aromatic rings. The third-order valence-electron chi connectivity index (χ3n) is 2.78. The van der Waals surface area contributed by atoms with Crippen molar-refractivity contribution in [3.63, 3.8) is 0 Å². The molecule has 5 heteroatoms. The molecule has 0 bridgehead atoms. The molecule has 1 aromatic heterocycles. The molecule has 2 rings (SSSR count). The van der Waals surface area contributed by atoms with Crippen LogP contribution in [0.1, 0.15) is 36.8 Å². The number of carboxylic acid groups (broad SMARTS) is 1. The first kappa shape index (κ1) is 13.3. The van der Waals surface area contributed by atoms with Crippen molar-refractivity contribution < 1.29 is 14.3 Å². The van der Waals surface area contributed by atoms with Crippen LogP contribution in [0.4, 0.5) is 4.39 Å². The van der Waals surface area contributed by atoms with Crippen LogP contribution in [-0.4, -0.2) is 20.9 Å². The molecular weight excluding hydrogens is 247 g/mol. The lowest BCUT2D eigenvalue weighted by molar-refractivity contribution is 0.0694. The Balaban J connectivity index is 2.64. The van der Waals surface area contributed by atoms with Gasteiger partial charge >= 0.3 is 5.97 Å². The number of aromatic nitrogens is 2. The summed E-state index contributed by atoms with van der Waals surface area (Å²) in [6.07, 6.45) is 1.33. The highest BCUT2D eigenvalue weighted by Gasteiger charge is 2.27. The van der Waals surface area contributed by atoms with E-state index in [1.807, 2.05) is 20.8 Å². The molecule has 0 atom stereocenters. The number of hydrogen-bond donors (Lipinski definition) is 1. The van der Waals surface area contributed by atoms with Crippen molar-refractivity contribution in [3.8, 4) is 5.69 Å². The molecule has 0 aliphatic carbocycles. The first-order chi connectivity index (χ1) is 8.80. The lowest BCUT2D eigenvalue weighted by atomic mass is 9.89. The van der Waals surface area contributed by atoms with Gasteiger partial charge in [0.2, 0.25) is 0 Å². The van der Waals surface area contributed by atoms with Gasteiger partial charge in [0.15, 0.2) is 0 Å². The van der Waals surface area contributed by atoms with Gasteiger partial charge in [0, 0.05) is 5.41 Å². The van der Waals surface area contributed by atoms with Gasteiger partial charge in [-0.2, -0.15) is 5.10 Å². The molecule has 19 heavy (non-hydrogen) atoms. The first-order valence-electron chi connectivity index (χ1n) is 5.88. The van der Waals surface area contributed by atoms with Crippen molar-refractivity contribution in [2.75, 3.05) is 0 Å². The Hall–Kier alpha value is -2.17. The average Bonchev–Trinajstić information content (AvgIpc) is 2.74. The van der Waals surface area contributed by atoms with E-state index in [-0.39, 0.29) is 11.4 Å². The van der Waals surface area contributed by atoms with Crippen LogP contribution in [0.5, 0.6) is 0 Å². The third-order valence-corrected chi connectivity index (χ3v) is 2.78. The molecule has 100 valence electrons. The zero-order valence-electron chi connectivity index (χ0n) is 11.0. The van der Waals surface area contributed by atoms with E-state index in [0.29, 0.717) is 11.4 Å². The van der Waals surface area contributed by atoms with Gasteiger partial charge in [0.1, 0.15) is 11.4 Å². The Kier molecular flexibility index (Phi) is 3.14. The van der Waals surface area contributed by atoms with Gasteiger partial charge in [0.25, 0.3) is 0 Å². The SMILES string of the molecule is CC(C)(C)c1c(C(=O)O)cnn1-c1ccc(F)cc1. The summed E-state index contributed by atoms with van der Waals surface area (Å²) in [7, 11) is 0. The Morgan fingerprint density at radius 2 is 1.84 bits per heavy atom. The molecule has 0 amide bonds. The van der Waals surface area contributed by atoms with E-state index in [4.69, 9.17) is 0 Å². The minimum absolute atomic E-state index is 0.164. The normalized spacial score (nSPS) is 11.6. The van der Waals surface area contributed by atoms with Gasteiger partial charge in [-0.05, 0) is 24.3 Å². The van der Waals surface area contributed by atoms with Crippen LogP contribution in [0, 0.1) is 5.82 Å². The summed E-state index contributed by atoms with van der Waals surface area (Å²) in [5.74, 6) is -1.36. The number of carbonyl (C=O) groups is 1. The highest BCUT2D eigenvalue weighted by Crippen LogP contribution is 2.28. The summed E-state index contributed by atoms with van der Waals surface area (Å²) < 4.78 is 14.5. The van der Waals surface area contributed by atoms with E-state index in [2.05, 4.69) is 5.10 Å². The summed E-state index contributed by atoms with van der Waals surface area (Å²) in [6.45, 7) is 5.74. The number of halogens is 1. The van der Waals surface area contributed by atoms with Crippen molar-refractivity contribution in [2.45, 2.75) is 26.2 Å². The van der Waals surface area contributed by atoms with Crippen molar-refractivity contribution in [3.05, 3.63) is 47.5 Å². The highest BCUT2D eigenvalue weighted by atomic mass is 19.1. The molecule has 0 aliphatic rings. The summed E-state index contributed by atoms with van der Waals surface area (Å²) in [5, 5.41) is 13.3. The first-order valence-corrected chi connectivity index (χ1v) is 5.88. The van der Waals surface area contributed by atoms with E-state index in [9.17, 15) is 14.3 Å². The Bertz CT molecular complexity index is 609. The monoisotopic (exact) mass is 262 g/mol. The standard InChI is InChI=1S/C14H15FN2O2/c1-14(2,3)12-11(13(18)19)8-16-17(12)10-6-4-9(15)5-7-10/h4-8H,1-3H3,(H,18,19). The van der Waals surface area contributed by atoms with Crippen molar-refractivity contribution in [1.82, 2.24) is 9.78 Å². The molecule has 0 fully saturated rings. The smallest absolute Gasteiger partial charge is 0.339 e. The summed E-state index contributed by atoms with van der Waals surface area (Å²) in [6, 6.07) is 5.79. The number of benzene rings is 1. The number of nitrogens with zero attached hydrogens (tertiary/aromatic N) is 2. The fourth-order valence-electron chi connectivity index (χ4n) is 2.00. The largest absolute Gasteiger partial charge is 0.478 e. The van der Waals surface area contributed by atoms with Crippen LogP contribution in [0.25, 0.3) is 5.69 Å². The van der Waals surface area contributed by atoms with E-state index in [0.717, 1.165) is 0 Å². The molecule has 0 unspecified atom stereocenters. The molecule has 1 aromatic carbocycles. The molecule has 1 heterocycles. The van der Waals surface area contributed by atoms with Gasteiger partial charge in [-0.25, -0.2) is 13.9 Å². The lowest BCUT2D eigenvalue weighted by Crippen LogP contribution is -2.21. The number of rotatable bonds is 2. The summed E-state index contributed by atoms with van der Waals surface area (Å²) in [4.78, 5) is 11.3. The zero-order valence-corrected chi connectivity index (χ0v) is 11.0. The van der Waals surface area contributed by atoms with Gasteiger partial charge in [-0.3, -0.25) is 0 Å². The van der Waals surface area contributed by atoms with Crippen LogP contribution < -0.4 is 0 Å². The molecule has 4 nitrogen and oxygen atoms in total. The van der Waals surface area contributed by atoms with Crippen molar-refractivity contribution in [2.24, 2.45) is 0 Å². The maximum absolute atomic E-state index is 12.9. The van der Waals surface area contributed by atoms with Gasteiger partial charge in [-0.15, -0.1) is 0 Å². The van der Waals surface area contributed by atoms with Crippen LogP contribution in [0.2, 0.25) is 0 Å². The van der Waals surface area contributed by atoms with Crippen molar-refractivity contribution >= 4 is 5.97 Å². The third kappa shape index (κ3) is 2.50. The van der Waals surface area contributed by atoms with E-state index in [1.54, 1.807) is 16.8 Å². The Morgan fingerprint density at radius 3 is 2.32 bits per heavy atom. The predicted molar refractivity (Wildman–Crippen MR) is 69.2 cm³/mol. The second-order valence-corrected chi connectivity index (χ2v) is 5.35. The topological polar surface area (TPSA) is 55.1 Å². The molecule has 0 saturated carbocycles. The minimum Gasteiger partial charge on any atom is -0.478 e.